The van der Waals surface area contributed by atoms with Gasteiger partial charge in [0.15, 0.2) is 0 Å². The van der Waals surface area contributed by atoms with E-state index in [0.717, 1.165) is 11.5 Å². The quantitative estimate of drug-likeness (QED) is 0.474. The highest BCUT2D eigenvalue weighted by molar-refractivity contribution is 4.98. The second-order valence-corrected chi connectivity index (χ2v) is 1.46. The summed E-state index contributed by atoms with van der Waals surface area (Å²) in [4.78, 5) is 0. The molecule has 0 unspecified atom stereocenters. The molecule has 0 bridgehead atoms. The molecule has 0 aliphatic heterocycles. The van der Waals surface area contributed by atoms with E-state index in [9.17, 15) is 0 Å². The summed E-state index contributed by atoms with van der Waals surface area (Å²) in [6, 6.07) is 5.55. The molecule has 0 N–H and O–H groups in total. The Morgan fingerprint density at radius 2 is 1.57 bits per heavy atom. The lowest BCUT2D eigenvalue weighted by atomic mass is 10.5. The Labute approximate surface area is 43.0 Å². The molecule has 0 amide bonds. The Hall–Kier alpha value is -0.720. The maximum Gasteiger partial charge on any atom is 0.109 e. The monoisotopic (exact) mass is 94.0 g/mol. The molecule has 1 aromatic heterocycles. The third-order valence-corrected chi connectivity index (χ3v) is 0.721. The Morgan fingerprint density at radius 1 is 1.14 bits per heavy atom. The molecule has 1 heteroatoms. The molecule has 0 spiro atoms. The zero-order valence-electron chi connectivity index (χ0n) is 4.41. The molecule has 0 aliphatic carbocycles. The van der Waals surface area contributed by atoms with Gasteiger partial charge in [-0.3, -0.25) is 0 Å². The molecule has 0 saturated heterocycles. The van der Waals surface area contributed by atoms with Crippen LogP contribution in [0, 0.1) is 26.0 Å². The molecule has 7 heavy (non-hydrogen) atoms. The summed E-state index contributed by atoms with van der Waals surface area (Å²) in [5.41, 5.74) is 0. The molecule has 1 nitrogen and oxygen atoms in total. The largest absolute Gasteiger partial charge is 0.465 e. The fraction of sp³-hybridized carbons (Fsp3) is 0.333. The van der Waals surface area contributed by atoms with Crippen molar-refractivity contribution in [2.24, 2.45) is 0 Å². The van der Waals surface area contributed by atoms with E-state index in [1.54, 1.807) is 0 Å². The normalized spacial score (nSPS) is 9.43. The molecular formula is C6H6O. The summed E-state index contributed by atoms with van der Waals surface area (Å²) >= 11 is 0. The van der Waals surface area contributed by atoms with Crippen molar-refractivity contribution in [2.45, 2.75) is 13.8 Å². The minimum absolute atomic E-state index is 0.803. The Balaban J connectivity index is 3.04. The van der Waals surface area contributed by atoms with Crippen molar-refractivity contribution in [3.8, 4) is 0 Å². The second-order valence-electron chi connectivity index (χ2n) is 1.46. The van der Waals surface area contributed by atoms with Crippen LogP contribution in [0.2, 0.25) is 0 Å². The van der Waals surface area contributed by atoms with E-state index in [-0.39, 0.29) is 0 Å². The van der Waals surface area contributed by atoms with Crippen molar-refractivity contribution < 1.29 is 4.42 Å². The lowest BCUT2D eigenvalue weighted by molar-refractivity contribution is 0.503. The minimum Gasteiger partial charge on any atom is -0.465 e. The third kappa shape index (κ3) is 0.829. The summed E-state index contributed by atoms with van der Waals surface area (Å²) in [6.45, 7) is 3.70. The number of rotatable bonds is 0. The van der Waals surface area contributed by atoms with Crippen LogP contribution in [0.25, 0.3) is 0 Å². The van der Waals surface area contributed by atoms with Gasteiger partial charge in [0.05, 0.1) is 0 Å². The van der Waals surface area contributed by atoms with Crippen LogP contribution >= 0.6 is 0 Å². The van der Waals surface area contributed by atoms with Gasteiger partial charge >= 0.3 is 0 Å². The number of aryl methyl sites for hydroxylation is 2. The Bertz CT molecular complexity index is 136. The van der Waals surface area contributed by atoms with Crippen LogP contribution in [-0.4, -0.2) is 0 Å². The van der Waals surface area contributed by atoms with E-state index in [1.807, 2.05) is 13.8 Å². The minimum atomic E-state index is 0.803. The zero-order chi connectivity index (χ0) is 5.28. The van der Waals surface area contributed by atoms with Gasteiger partial charge in [-0.25, -0.2) is 0 Å². The van der Waals surface area contributed by atoms with Crippen molar-refractivity contribution in [2.75, 3.05) is 0 Å². The molecule has 0 saturated carbocycles. The van der Waals surface area contributed by atoms with Crippen LogP contribution in [0.5, 0.6) is 0 Å². The smallest absolute Gasteiger partial charge is 0.109 e. The molecule has 1 heterocycles. The van der Waals surface area contributed by atoms with Gasteiger partial charge in [-0.05, 0) is 13.8 Å². The summed E-state index contributed by atoms with van der Waals surface area (Å²) in [5, 5.41) is 0. The number of hydrogen-bond acceptors (Lipinski definition) is 1. The summed E-state index contributed by atoms with van der Waals surface area (Å²) in [5.74, 6) is 1.61. The van der Waals surface area contributed by atoms with Crippen molar-refractivity contribution in [1.29, 1.82) is 0 Å². The van der Waals surface area contributed by atoms with E-state index in [1.165, 1.54) is 0 Å². The van der Waals surface area contributed by atoms with E-state index in [2.05, 4.69) is 12.1 Å². The van der Waals surface area contributed by atoms with Crippen molar-refractivity contribution >= 4 is 0 Å². The van der Waals surface area contributed by atoms with E-state index in [0.29, 0.717) is 0 Å². The molecule has 0 aromatic carbocycles. The zero-order valence-corrected chi connectivity index (χ0v) is 4.41. The maximum atomic E-state index is 4.97. The van der Waals surface area contributed by atoms with Crippen molar-refractivity contribution in [3.05, 3.63) is 23.7 Å². The van der Waals surface area contributed by atoms with Crippen LogP contribution in [0.4, 0.5) is 0 Å². The first-order valence-electron chi connectivity index (χ1n) is 2.16. The van der Waals surface area contributed by atoms with Gasteiger partial charge < -0.3 is 4.42 Å². The van der Waals surface area contributed by atoms with E-state index >= 15 is 0 Å². The molecule has 36 valence electrons. The van der Waals surface area contributed by atoms with Crippen LogP contribution in [0.15, 0.2) is 4.42 Å². The van der Waals surface area contributed by atoms with E-state index < -0.39 is 0 Å². The topological polar surface area (TPSA) is 13.1 Å². The standard InChI is InChI=1S/C6H6O/c1-5-3-4-6(2)7-5/h1-2H3. The van der Waals surface area contributed by atoms with Crippen LogP contribution < -0.4 is 0 Å². The lowest BCUT2D eigenvalue weighted by Gasteiger charge is -1.75. The molecule has 0 aliphatic rings. The first kappa shape index (κ1) is 4.44. The van der Waals surface area contributed by atoms with Gasteiger partial charge in [0, 0.05) is 12.1 Å². The van der Waals surface area contributed by atoms with Crippen LogP contribution in [0.1, 0.15) is 11.5 Å². The average Bonchev–Trinajstić information content (AvgIpc) is 1.87. The first-order valence-corrected chi connectivity index (χ1v) is 2.16. The summed E-state index contributed by atoms with van der Waals surface area (Å²) < 4.78 is 4.97. The molecule has 2 radical (unpaired) electrons. The van der Waals surface area contributed by atoms with Crippen molar-refractivity contribution in [3.63, 3.8) is 0 Å². The molecule has 1 rings (SSSR count). The second kappa shape index (κ2) is 1.41. The first-order chi connectivity index (χ1) is 3.29. The molecule has 0 atom stereocenters. The SMILES string of the molecule is Cc1[c][c]c(C)o1. The highest BCUT2D eigenvalue weighted by Gasteiger charge is 1.87. The van der Waals surface area contributed by atoms with Crippen LogP contribution in [0.3, 0.4) is 0 Å². The van der Waals surface area contributed by atoms with Gasteiger partial charge in [-0.1, -0.05) is 0 Å². The Kier molecular flexibility index (Phi) is 0.895. The maximum absolute atomic E-state index is 4.97. The highest BCUT2D eigenvalue weighted by atomic mass is 16.3. The predicted octanol–water partition coefficient (Wildman–Crippen LogP) is 1.50. The molecule has 0 fully saturated rings. The Morgan fingerprint density at radius 3 is 1.71 bits per heavy atom. The van der Waals surface area contributed by atoms with Gasteiger partial charge in [-0.15, -0.1) is 0 Å². The summed E-state index contributed by atoms with van der Waals surface area (Å²) in [7, 11) is 0. The highest BCUT2D eigenvalue weighted by Crippen LogP contribution is 2.00. The van der Waals surface area contributed by atoms with E-state index in [4.69, 9.17) is 4.42 Å². The van der Waals surface area contributed by atoms with Gasteiger partial charge in [0.25, 0.3) is 0 Å². The van der Waals surface area contributed by atoms with Gasteiger partial charge in [0.2, 0.25) is 0 Å². The van der Waals surface area contributed by atoms with Gasteiger partial charge in [-0.2, -0.15) is 0 Å². The molecule has 1 aromatic rings. The fourth-order valence-corrected chi connectivity index (χ4v) is 0.457. The van der Waals surface area contributed by atoms with Crippen molar-refractivity contribution in [1.82, 2.24) is 0 Å². The fourth-order valence-electron chi connectivity index (χ4n) is 0.457. The predicted molar refractivity (Wildman–Crippen MR) is 25.9 cm³/mol. The summed E-state index contributed by atoms with van der Waals surface area (Å²) in [6.07, 6.45) is 0. The number of furan rings is 1. The number of hydrogen-bond donors (Lipinski definition) is 0. The van der Waals surface area contributed by atoms with Gasteiger partial charge in [0.1, 0.15) is 11.5 Å². The lowest BCUT2D eigenvalue weighted by Crippen LogP contribution is -1.54. The average molecular weight is 94.1 g/mol. The third-order valence-electron chi connectivity index (χ3n) is 0.721. The molecular weight excluding hydrogens is 88.1 g/mol. The van der Waals surface area contributed by atoms with Crippen LogP contribution in [-0.2, 0) is 0 Å².